The van der Waals surface area contributed by atoms with Crippen LogP contribution in [0.5, 0.6) is 0 Å². The first-order chi connectivity index (χ1) is 13.6. The predicted octanol–water partition coefficient (Wildman–Crippen LogP) is 0.575. The van der Waals surface area contributed by atoms with Gasteiger partial charge in [-0.05, 0) is 37.7 Å². The maximum Gasteiger partial charge on any atom is 0.236 e. The molecule has 3 rings (SSSR count). The summed E-state index contributed by atoms with van der Waals surface area (Å²) in [6.45, 7) is 2.73. The van der Waals surface area contributed by atoms with Gasteiger partial charge < -0.3 is 19.9 Å². The van der Waals surface area contributed by atoms with Crippen molar-refractivity contribution in [1.82, 2.24) is 24.8 Å². The van der Waals surface area contributed by atoms with Crippen LogP contribution in [0.25, 0.3) is 5.69 Å². The summed E-state index contributed by atoms with van der Waals surface area (Å²) >= 11 is 0. The maximum atomic E-state index is 12.9. The molecule has 2 aromatic rings. The Bertz CT molecular complexity index is 798. The standard InChI is InChI=1S/C19H24N6O3/c1-23-10-12-24(13-11-23)19(28)17(3-2-14-26)18(27)21-15-4-6-16(7-5-15)25-9-8-20-22-25/h4-9,14,17H,2-3,10-13H2,1H3,(H,21,27)/t17-/m0/s1. The highest BCUT2D eigenvalue weighted by Gasteiger charge is 2.31. The van der Waals surface area contributed by atoms with E-state index >= 15 is 0 Å². The summed E-state index contributed by atoms with van der Waals surface area (Å²) in [7, 11) is 2.00. The third-order valence-electron chi connectivity index (χ3n) is 4.82. The molecule has 1 fully saturated rings. The molecule has 1 atom stereocenters. The lowest BCUT2D eigenvalue weighted by molar-refractivity contribution is -0.141. The number of likely N-dealkylation sites (N-methyl/N-ethyl adjacent to an activating group) is 1. The van der Waals surface area contributed by atoms with Gasteiger partial charge in [-0.25, -0.2) is 4.68 Å². The molecule has 148 valence electrons. The van der Waals surface area contributed by atoms with E-state index in [2.05, 4.69) is 20.5 Å². The summed E-state index contributed by atoms with van der Waals surface area (Å²) in [6.07, 6.45) is 4.42. The van der Waals surface area contributed by atoms with Gasteiger partial charge in [-0.3, -0.25) is 9.59 Å². The second-order valence-electron chi connectivity index (χ2n) is 6.81. The highest BCUT2D eigenvalue weighted by atomic mass is 16.2. The van der Waals surface area contributed by atoms with Gasteiger partial charge in [0.1, 0.15) is 12.2 Å². The Morgan fingerprint density at radius 3 is 2.50 bits per heavy atom. The average molecular weight is 384 g/mol. The first-order valence-electron chi connectivity index (χ1n) is 9.27. The second-order valence-corrected chi connectivity index (χ2v) is 6.81. The summed E-state index contributed by atoms with van der Waals surface area (Å²) in [6, 6.07) is 7.08. The van der Waals surface area contributed by atoms with Gasteiger partial charge in [0.25, 0.3) is 0 Å². The van der Waals surface area contributed by atoms with Crippen LogP contribution in [0.4, 0.5) is 5.69 Å². The molecule has 0 spiro atoms. The van der Waals surface area contributed by atoms with Gasteiger partial charge >= 0.3 is 0 Å². The zero-order chi connectivity index (χ0) is 19.9. The zero-order valence-corrected chi connectivity index (χ0v) is 15.8. The van der Waals surface area contributed by atoms with E-state index in [4.69, 9.17) is 0 Å². The van der Waals surface area contributed by atoms with Crippen LogP contribution < -0.4 is 5.32 Å². The van der Waals surface area contributed by atoms with E-state index in [1.165, 1.54) is 0 Å². The summed E-state index contributed by atoms with van der Waals surface area (Å²) in [5, 5.41) is 10.5. The fraction of sp³-hybridized carbons (Fsp3) is 0.421. The number of hydrogen-bond donors (Lipinski definition) is 1. The molecular weight excluding hydrogens is 360 g/mol. The minimum Gasteiger partial charge on any atom is -0.339 e. The molecule has 2 amide bonds. The Morgan fingerprint density at radius 1 is 1.18 bits per heavy atom. The third-order valence-corrected chi connectivity index (χ3v) is 4.82. The van der Waals surface area contributed by atoms with Crippen LogP contribution in [-0.2, 0) is 14.4 Å². The first-order valence-corrected chi connectivity index (χ1v) is 9.27. The number of nitrogens with one attached hydrogen (secondary N) is 1. The highest BCUT2D eigenvalue weighted by molar-refractivity contribution is 6.06. The third kappa shape index (κ3) is 4.80. The molecule has 0 unspecified atom stereocenters. The smallest absolute Gasteiger partial charge is 0.236 e. The number of rotatable bonds is 7. The summed E-state index contributed by atoms with van der Waals surface area (Å²) in [4.78, 5) is 40.3. The Balaban J connectivity index is 1.67. The summed E-state index contributed by atoms with van der Waals surface area (Å²) in [5.41, 5.74) is 1.39. The van der Waals surface area contributed by atoms with Gasteiger partial charge in [0.15, 0.2) is 0 Å². The maximum absolute atomic E-state index is 12.9. The lowest BCUT2D eigenvalue weighted by Crippen LogP contribution is -2.50. The van der Waals surface area contributed by atoms with Crippen LogP contribution in [-0.4, -0.2) is 76.1 Å². The van der Waals surface area contributed by atoms with Crippen molar-refractivity contribution in [1.29, 1.82) is 0 Å². The van der Waals surface area contributed by atoms with Crippen molar-refractivity contribution in [3.8, 4) is 5.69 Å². The van der Waals surface area contributed by atoms with Crippen molar-refractivity contribution in [3.63, 3.8) is 0 Å². The van der Waals surface area contributed by atoms with E-state index in [0.717, 1.165) is 25.1 Å². The van der Waals surface area contributed by atoms with Crippen LogP contribution in [0.1, 0.15) is 12.8 Å². The molecule has 9 nitrogen and oxygen atoms in total. The number of carbonyl (C=O) groups is 3. The van der Waals surface area contributed by atoms with E-state index in [9.17, 15) is 14.4 Å². The predicted molar refractivity (Wildman–Crippen MR) is 103 cm³/mol. The molecule has 1 saturated heterocycles. The minimum atomic E-state index is -0.872. The van der Waals surface area contributed by atoms with Crippen molar-refractivity contribution in [2.45, 2.75) is 12.8 Å². The average Bonchev–Trinajstić information content (AvgIpc) is 3.24. The summed E-state index contributed by atoms with van der Waals surface area (Å²) in [5.74, 6) is -1.48. The van der Waals surface area contributed by atoms with Crippen LogP contribution >= 0.6 is 0 Å². The lowest BCUT2D eigenvalue weighted by atomic mass is 10.00. The van der Waals surface area contributed by atoms with Crippen LogP contribution in [0.2, 0.25) is 0 Å². The van der Waals surface area contributed by atoms with E-state index < -0.39 is 5.92 Å². The fourth-order valence-electron chi connectivity index (χ4n) is 3.12. The number of carbonyl (C=O) groups excluding carboxylic acids is 3. The molecule has 0 aliphatic carbocycles. The highest BCUT2D eigenvalue weighted by Crippen LogP contribution is 2.17. The molecule has 0 radical (unpaired) electrons. The molecule has 1 aromatic heterocycles. The second kappa shape index (κ2) is 9.23. The number of nitrogens with zero attached hydrogens (tertiary/aromatic N) is 5. The Morgan fingerprint density at radius 2 is 1.89 bits per heavy atom. The van der Waals surface area contributed by atoms with E-state index in [0.29, 0.717) is 18.8 Å². The Kier molecular flexibility index (Phi) is 6.49. The molecule has 0 saturated carbocycles. The monoisotopic (exact) mass is 384 g/mol. The molecule has 28 heavy (non-hydrogen) atoms. The Hall–Kier alpha value is -3.07. The normalized spacial score (nSPS) is 15.8. The molecule has 9 heteroatoms. The van der Waals surface area contributed by atoms with Crippen LogP contribution in [0, 0.1) is 5.92 Å². The fourth-order valence-corrected chi connectivity index (χ4v) is 3.12. The Labute approximate surface area is 163 Å². The lowest BCUT2D eigenvalue weighted by Gasteiger charge is -2.34. The number of amides is 2. The van der Waals surface area contributed by atoms with Crippen molar-refractivity contribution >= 4 is 23.8 Å². The number of hydrogen-bond acceptors (Lipinski definition) is 6. The quantitative estimate of drug-likeness (QED) is 0.553. The van der Waals surface area contributed by atoms with Crippen molar-refractivity contribution in [3.05, 3.63) is 36.7 Å². The van der Waals surface area contributed by atoms with Gasteiger partial charge in [-0.2, -0.15) is 0 Å². The SMILES string of the molecule is CN1CCN(C(=O)[C@@H](CCC=O)C(=O)Nc2ccc(-n3ccnn3)cc2)CC1. The zero-order valence-electron chi connectivity index (χ0n) is 15.8. The molecule has 2 heterocycles. The summed E-state index contributed by atoms with van der Waals surface area (Å²) < 4.78 is 1.61. The number of aromatic nitrogens is 3. The number of anilines is 1. The van der Waals surface area contributed by atoms with E-state index in [1.54, 1.807) is 46.2 Å². The van der Waals surface area contributed by atoms with Gasteiger partial charge in [-0.1, -0.05) is 5.21 Å². The molecule has 1 aromatic carbocycles. The topological polar surface area (TPSA) is 100 Å². The van der Waals surface area contributed by atoms with Gasteiger partial charge in [-0.15, -0.1) is 5.10 Å². The van der Waals surface area contributed by atoms with Crippen molar-refractivity contribution in [2.75, 3.05) is 38.5 Å². The molecule has 1 aliphatic heterocycles. The molecule has 0 bridgehead atoms. The van der Waals surface area contributed by atoms with Crippen LogP contribution in [0.15, 0.2) is 36.7 Å². The largest absolute Gasteiger partial charge is 0.339 e. The van der Waals surface area contributed by atoms with Crippen molar-refractivity contribution in [2.24, 2.45) is 5.92 Å². The number of benzene rings is 1. The van der Waals surface area contributed by atoms with Gasteiger partial charge in [0.2, 0.25) is 11.8 Å². The number of piperazine rings is 1. The minimum absolute atomic E-state index is 0.169. The van der Waals surface area contributed by atoms with Gasteiger partial charge in [0.05, 0.1) is 18.1 Å². The van der Waals surface area contributed by atoms with E-state index in [1.807, 2.05) is 7.05 Å². The van der Waals surface area contributed by atoms with Crippen molar-refractivity contribution < 1.29 is 14.4 Å². The van der Waals surface area contributed by atoms with Crippen LogP contribution in [0.3, 0.4) is 0 Å². The van der Waals surface area contributed by atoms with Gasteiger partial charge in [0, 0.05) is 38.3 Å². The van der Waals surface area contributed by atoms with E-state index in [-0.39, 0.29) is 24.7 Å². The number of aldehydes is 1. The molecular formula is C19H24N6O3. The molecule has 1 N–H and O–H groups in total. The molecule has 1 aliphatic rings. The first kappa shape index (κ1) is 19.7.